The number of rotatable bonds is 5. The van der Waals surface area contributed by atoms with Crippen molar-refractivity contribution >= 4 is 11.8 Å². The van der Waals surface area contributed by atoms with Crippen LogP contribution in [0.2, 0.25) is 0 Å². The SMILES string of the molecule is CC(=O)[C@H]1CC[C@H]2[C@H]3CC=C4C[C@@H](OC(=O)CCN5CCCCC5)CC[C@]4(C)[C@@H]3CC[C@]12C. The second kappa shape index (κ2) is 9.13. The molecule has 4 heteroatoms. The predicted octanol–water partition coefficient (Wildman–Crippen LogP) is 5.94. The fraction of sp³-hybridized carbons (Fsp3) is 0.862. The Hall–Kier alpha value is -1.16. The number of allylic oxidation sites excluding steroid dienone is 1. The minimum absolute atomic E-state index is 0.00174. The maximum atomic E-state index is 12.6. The maximum absolute atomic E-state index is 12.6. The van der Waals surface area contributed by atoms with E-state index in [0.717, 1.165) is 63.6 Å². The van der Waals surface area contributed by atoms with Crippen molar-refractivity contribution in [3.8, 4) is 0 Å². The third kappa shape index (κ3) is 4.23. The number of fused-ring (bicyclic) bond motifs is 5. The summed E-state index contributed by atoms with van der Waals surface area (Å²) in [4.78, 5) is 27.4. The highest BCUT2D eigenvalue weighted by molar-refractivity contribution is 5.79. The Morgan fingerprint density at radius 2 is 1.82 bits per heavy atom. The molecule has 0 bridgehead atoms. The smallest absolute Gasteiger partial charge is 0.307 e. The van der Waals surface area contributed by atoms with Gasteiger partial charge in [-0.1, -0.05) is 31.9 Å². The molecule has 4 aliphatic carbocycles. The standard InChI is InChI=1S/C29H45NO3/c1-20(31)24-9-10-25-23-8-7-21-19-22(33-27(32)13-18-30-16-5-4-6-17-30)11-14-28(21,2)26(23)12-15-29(24,25)3/h7,22-26H,4-6,8-19H2,1-3H3/t22-,23+,24+,25-,26+,28-,29+/m0/s1. The van der Waals surface area contributed by atoms with E-state index in [4.69, 9.17) is 4.74 Å². The van der Waals surface area contributed by atoms with Crippen LogP contribution in [0.4, 0.5) is 0 Å². The van der Waals surface area contributed by atoms with Crippen LogP contribution in [0, 0.1) is 34.5 Å². The minimum atomic E-state index is -0.00174. The largest absolute Gasteiger partial charge is 0.462 e. The summed E-state index contributed by atoms with van der Waals surface area (Å²) < 4.78 is 5.99. The first-order chi connectivity index (χ1) is 15.8. The van der Waals surface area contributed by atoms with Crippen LogP contribution >= 0.6 is 0 Å². The molecule has 1 aliphatic heterocycles. The summed E-state index contributed by atoms with van der Waals surface area (Å²) in [6, 6.07) is 0. The van der Waals surface area contributed by atoms with Gasteiger partial charge in [0.05, 0.1) is 6.42 Å². The third-order valence-electron chi connectivity index (χ3n) is 10.9. The van der Waals surface area contributed by atoms with Crippen LogP contribution < -0.4 is 0 Å². The van der Waals surface area contributed by atoms with E-state index in [-0.39, 0.29) is 28.8 Å². The first kappa shape index (κ1) is 23.6. The molecule has 4 nitrogen and oxygen atoms in total. The van der Waals surface area contributed by atoms with Crippen molar-refractivity contribution in [1.29, 1.82) is 0 Å². The number of carbonyl (C=O) groups excluding carboxylic acids is 2. The highest BCUT2D eigenvalue weighted by Gasteiger charge is 2.59. The van der Waals surface area contributed by atoms with Crippen molar-refractivity contribution in [2.24, 2.45) is 34.5 Å². The van der Waals surface area contributed by atoms with Crippen molar-refractivity contribution in [2.45, 2.75) is 104 Å². The van der Waals surface area contributed by atoms with Gasteiger partial charge >= 0.3 is 5.97 Å². The molecule has 33 heavy (non-hydrogen) atoms. The van der Waals surface area contributed by atoms with Gasteiger partial charge in [0.25, 0.3) is 0 Å². The highest BCUT2D eigenvalue weighted by atomic mass is 16.5. The number of ether oxygens (including phenoxy) is 1. The number of ketones is 1. The van der Waals surface area contributed by atoms with Crippen LogP contribution in [0.1, 0.15) is 97.8 Å². The lowest BCUT2D eigenvalue weighted by molar-refractivity contribution is -0.152. The van der Waals surface area contributed by atoms with Crippen molar-refractivity contribution in [2.75, 3.05) is 19.6 Å². The number of likely N-dealkylation sites (tertiary alicyclic amines) is 1. The molecule has 0 amide bonds. The van der Waals surface area contributed by atoms with E-state index in [1.165, 1.54) is 38.5 Å². The van der Waals surface area contributed by atoms with E-state index in [0.29, 0.717) is 18.1 Å². The lowest BCUT2D eigenvalue weighted by atomic mass is 9.47. The molecule has 184 valence electrons. The molecule has 0 aromatic carbocycles. The van der Waals surface area contributed by atoms with E-state index >= 15 is 0 Å². The second-order valence-corrected chi connectivity index (χ2v) is 12.6. The summed E-state index contributed by atoms with van der Waals surface area (Å²) in [6.45, 7) is 9.88. The van der Waals surface area contributed by atoms with E-state index in [9.17, 15) is 9.59 Å². The topological polar surface area (TPSA) is 46.6 Å². The normalized spacial score (nSPS) is 43.1. The summed E-state index contributed by atoms with van der Waals surface area (Å²) in [5.74, 6) is 2.85. The molecule has 5 aliphatic rings. The Bertz CT molecular complexity index is 799. The molecule has 1 saturated heterocycles. The molecular weight excluding hydrogens is 410 g/mol. The van der Waals surface area contributed by atoms with Gasteiger partial charge in [0.15, 0.2) is 0 Å². The van der Waals surface area contributed by atoms with Gasteiger partial charge in [-0.15, -0.1) is 0 Å². The van der Waals surface area contributed by atoms with Gasteiger partial charge in [-0.3, -0.25) is 9.59 Å². The first-order valence-electron chi connectivity index (χ1n) is 13.9. The first-order valence-corrected chi connectivity index (χ1v) is 13.9. The zero-order valence-corrected chi connectivity index (χ0v) is 21.2. The minimum Gasteiger partial charge on any atom is -0.462 e. The molecule has 1 heterocycles. The van der Waals surface area contributed by atoms with Gasteiger partial charge in [-0.25, -0.2) is 0 Å². The van der Waals surface area contributed by atoms with Crippen molar-refractivity contribution in [3.05, 3.63) is 11.6 Å². The Labute approximate surface area is 200 Å². The summed E-state index contributed by atoms with van der Waals surface area (Å²) in [5, 5.41) is 0. The second-order valence-electron chi connectivity index (χ2n) is 12.6. The predicted molar refractivity (Wildman–Crippen MR) is 131 cm³/mol. The van der Waals surface area contributed by atoms with Crippen molar-refractivity contribution in [1.82, 2.24) is 4.90 Å². The Morgan fingerprint density at radius 1 is 1.03 bits per heavy atom. The Kier molecular flexibility index (Phi) is 6.52. The van der Waals surface area contributed by atoms with Crippen molar-refractivity contribution < 1.29 is 14.3 Å². The summed E-state index contributed by atoms with van der Waals surface area (Å²) in [6.07, 6.45) is 16.0. The summed E-state index contributed by atoms with van der Waals surface area (Å²) in [7, 11) is 0. The molecular formula is C29H45NO3. The van der Waals surface area contributed by atoms with E-state index in [2.05, 4.69) is 24.8 Å². The number of Topliss-reactive ketones (excluding diaryl/α,β-unsaturated/α-hetero) is 1. The van der Waals surface area contributed by atoms with Gasteiger partial charge in [0, 0.05) is 18.9 Å². The van der Waals surface area contributed by atoms with E-state index in [1.807, 2.05) is 6.92 Å². The van der Waals surface area contributed by atoms with Crippen molar-refractivity contribution in [3.63, 3.8) is 0 Å². The molecule has 0 aromatic heterocycles. The van der Waals surface area contributed by atoms with Crippen LogP contribution in [-0.2, 0) is 14.3 Å². The molecule has 0 aromatic rings. The Morgan fingerprint density at radius 3 is 2.58 bits per heavy atom. The number of piperidine rings is 1. The fourth-order valence-electron chi connectivity index (χ4n) is 9.07. The summed E-state index contributed by atoms with van der Waals surface area (Å²) >= 11 is 0. The molecule has 7 atom stereocenters. The number of carbonyl (C=O) groups is 2. The highest BCUT2D eigenvalue weighted by Crippen LogP contribution is 2.66. The van der Waals surface area contributed by atoms with E-state index < -0.39 is 0 Å². The van der Waals surface area contributed by atoms with E-state index in [1.54, 1.807) is 5.57 Å². The fourth-order valence-corrected chi connectivity index (χ4v) is 9.07. The van der Waals surface area contributed by atoms with Crippen LogP contribution in [0.3, 0.4) is 0 Å². The molecule has 5 rings (SSSR count). The average molecular weight is 456 g/mol. The van der Waals surface area contributed by atoms with Crippen LogP contribution in [0.5, 0.6) is 0 Å². The van der Waals surface area contributed by atoms with Gasteiger partial charge in [-0.05, 0) is 106 Å². The lowest BCUT2D eigenvalue weighted by Gasteiger charge is -2.58. The van der Waals surface area contributed by atoms with Crippen LogP contribution in [0.15, 0.2) is 11.6 Å². The summed E-state index contributed by atoms with van der Waals surface area (Å²) in [5.41, 5.74) is 2.04. The zero-order chi connectivity index (χ0) is 23.2. The number of hydrogen-bond acceptors (Lipinski definition) is 4. The molecule has 3 saturated carbocycles. The molecule has 0 spiro atoms. The molecule has 0 unspecified atom stereocenters. The molecule has 0 N–H and O–H groups in total. The molecule has 0 radical (unpaired) electrons. The number of hydrogen-bond donors (Lipinski definition) is 0. The van der Waals surface area contributed by atoms with Crippen LogP contribution in [0.25, 0.3) is 0 Å². The number of esters is 1. The van der Waals surface area contributed by atoms with Gasteiger partial charge < -0.3 is 9.64 Å². The zero-order valence-electron chi connectivity index (χ0n) is 21.2. The maximum Gasteiger partial charge on any atom is 0.307 e. The van der Waals surface area contributed by atoms with Gasteiger partial charge in [0.1, 0.15) is 11.9 Å². The molecule has 4 fully saturated rings. The monoisotopic (exact) mass is 455 g/mol. The average Bonchev–Trinajstić information content (AvgIpc) is 3.16. The van der Waals surface area contributed by atoms with Gasteiger partial charge in [-0.2, -0.15) is 0 Å². The quantitative estimate of drug-likeness (QED) is 0.380. The van der Waals surface area contributed by atoms with Gasteiger partial charge in [0.2, 0.25) is 0 Å². The third-order valence-corrected chi connectivity index (χ3v) is 10.9. The Balaban J connectivity index is 1.21. The number of nitrogens with zero attached hydrogens (tertiary/aromatic N) is 1. The van der Waals surface area contributed by atoms with Crippen LogP contribution in [-0.4, -0.2) is 42.4 Å². The lowest BCUT2D eigenvalue weighted by Crippen LogP contribution is -2.51.